The Morgan fingerprint density at radius 2 is 1.83 bits per heavy atom. The predicted molar refractivity (Wildman–Crippen MR) is 147 cm³/mol. The lowest BCUT2D eigenvalue weighted by molar-refractivity contribution is -0.123. The zero-order valence-electron chi connectivity index (χ0n) is 20.0. The highest BCUT2D eigenvalue weighted by Crippen LogP contribution is 2.34. The number of para-hydroxylation sites is 1. The second-order valence-corrected chi connectivity index (χ2v) is 10.2. The molecule has 1 aromatic heterocycles. The van der Waals surface area contributed by atoms with Crippen LogP contribution in [0.15, 0.2) is 77.8 Å². The number of nitrogens with zero attached hydrogens (tertiary/aromatic N) is 2. The van der Waals surface area contributed by atoms with Crippen molar-refractivity contribution in [3.8, 4) is 5.75 Å². The molecule has 1 aliphatic rings. The number of thioether (sulfide) groups is 1. The summed E-state index contributed by atoms with van der Waals surface area (Å²) in [6.07, 6.45) is 3.83. The van der Waals surface area contributed by atoms with Gasteiger partial charge in [0.1, 0.15) is 12.4 Å². The Morgan fingerprint density at radius 3 is 2.67 bits per heavy atom. The molecule has 0 atom stereocenters. The Labute approximate surface area is 219 Å². The van der Waals surface area contributed by atoms with E-state index in [2.05, 4.69) is 4.57 Å². The topological polar surface area (TPSA) is 51.5 Å². The zero-order chi connectivity index (χ0) is 25.2. The van der Waals surface area contributed by atoms with E-state index >= 15 is 0 Å². The van der Waals surface area contributed by atoms with E-state index in [0.29, 0.717) is 16.5 Å². The number of imide groups is 1. The lowest BCUT2D eigenvalue weighted by Crippen LogP contribution is -2.32. The molecule has 0 spiro atoms. The van der Waals surface area contributed by atoms with Crippen LogP contribution < -0.4 is 4.74 Å². The summed E-state index contributed by atoms with van der Waals surface area (Å²) in [5.41, 5.74) is 5.14. The van der Waals surface area contributed by atoms with Crippen molar-refractivity contribution in [1.82, 2.24) is 9.47 Å². The summed E-state index contributed by atoms with van der Waals surface area (Å²) in [4.78, 5) is 27.4. The van der Waals surface area contributed by atoms with Crippen LogP contribution in [0.5, 0.6) is 5.75 Å². The first kappa shape index (κ1) is 24.2. The Balaban J connectivity index is 1.35. The minimum absolute atomic E-state index is 0.200. The van der Waals surface area contributed by atoms with Gasteiger partial charge >= 0.3 is 0 Å². The molecule has 0 bridgehead atoms. The molecule has 1 aliphatic heterocycles. The summed E-state index contributed by atoms with van der Waals surface area (Å²) < 4.78 is 8.00. The SMILES string of the molecule is Cc1ccc(C)c(OCCN2C(=O)S/C(=C\c3cn(Cc4cccc(Cl)c4)c4ccccc34)C2=O)c1. The number of aromatic nitrogens is 1. The quantitative estimate of drug-likeness (QED) is 0.246. The molecule has 0 N–H and O–H groups in total. The van der Waals surface area contributed by atoms with E-state index < -0.39 is 0 Å². The van der Waals surface area contributed by atoms with Crippen molar-refractivity contribution < 1.29 is 14.3 Å². The first-order valence-electron chi connectivity index (χ1n) is 11.7. The number of fused-ring (bicyclic) bond motifs is 1. The number of amides is 2. The lowest BCUT2D eigenvalue weighted by Gasteiger charge is -2.14. The Morgan fingerprint density at radius 1 is 1.00 bits per heavy atom. The minimum Gasteiger partial charge on any atom is -0.491 e. The largest absolute Gasteiger partial charge is 0.491 e. The van der Waals surface area contributed by atoms with Crippen LogP contribution in [0.3, 0.4) is 0 Å². The van der Waals surface area contributed by atoms with Crippen LogP contribution in [0.4, 0.5) is 4.79 Å². The van der Waals surface area contributed by atoms with Gasteiger partial charge in [-0.1, -0.05) is 54.1 Å². The van der Waals surface area contributed by atoms with Gasteiger partial charge in [-0.15, -0.1) is 0 Å². The van der Waals surface area contributed by atoms with Crippen molar-refractivity contribution in [2.45, 2.75) is 20.4 Å². The third kappa shape index (κ3) is 5.06. The van der Waals surface area contributed by atoms with Crippen LogP contribution in [-0.2, 0) is 11.3 Å². The van der Waals surface area contributed by atoms with Gasteiger partial charge in [0.2, 0.25) is 0 Å². The molecular weight excluding hydrogens is 492 g/mol. The number of carbonyl (C=O) groups is 2. The zero-order valence-corrected chi connectivity index (χ0v) is 21.6. The molecule has 2 heterocycles. The average Bonchev–Trinajstić information content (AvgIpc) is 3.33. The summed E-state index contributed by atoms with van der Waals surface area (Å²) in [7, 11) is 0. The number of halogens is 1. The Kier molecular flexibility index (Phi) is 6.90. The van der Waals surface area contributed by atoms with Gasteiger partial charge in [-0.2, -0.15) is 0 Å². The van der Waals surface area contributed by atoms with E-state index in [4.69, 9.17) is 16.3 Å². The first-order valence-corrected chi connectivity index (χ1v) is 12.9. The minimum atomic E-state index is -0.291. The smallest absolute Gasteiger partial charge is 0.293 e. The third-order valence-corrected chi connectivity index (χ3v) is 7.28. The van der Waals surface area contributed by atoms with E-state index in [1.165, 1.54) is 4.90 Å². The molecule has 2 amide bonds. The molecule has 0 unspecified atom stereocenters. The fourth-order valence-corrected chi connectivity index (χ4v) is 5.37. The van der Waals surface area contributed by atoms with Gasteiger partial charge in [0.15, 0.2) is 0 Å². The van der Waals surface area contributed by atoms with E-state index in [9.17, 15) is 9.59 Å². The van der Waals surface area contributed by atoms with Crippen LogP contribution >= 0.6 is 23.4 Å². The number of carbonyl (C=O) groups excluding carboxylic acids is 2. The van der Waals surface area contributed by atoms with Crippen LogP contribution in [0.1, 0.15) is 22.3 Å². The van der Waals surface area contributed by atoms with Crippen LogP contribution in [0.2, 0.25) is 5.02 Å². The van der Waals surface area contributed by atoms with Gasteiger partial charge < -0.3 is 9.30 Å². The fraction of sp³-hybridized carbons (Fsp3) is 0.172. The van der Waals surface area contributed by atoms with Gasteiger partial charge in [0.25, 0.3) is 11.1 Å². The summed E-state index contributed by atoms with van der Waals surface area (Å²) in [5, 5.41) is 1.43. The normalized spacial score (nSPS) is 14.9. The molecule has 5 nitrogen and oxygen atoms in total. The lowest BCUT2D eigenvalue weighted by atomic mass is 10.1. The van der Waals surface area contributed by atoms with Crippen molar-refractivity contribution in [1.29, 1.82) is 0 Å². The molecule has 0 radical (unpaired) electrons. The summed E-state index contributed by atoms with van der Waals surface area (Å²) >= 11 is 7.14. The van der Waals surface area contributed by atoms with Crippen LogP contribution in [0, 0.1) is 13.8 Å². The van der Waals surface area contributed by atoms with Gasteiger partial charge in [0, 0.05) is 34.2 Å². The van der Waals surface area contributed by atoms with Crippen molar-refractivity contribution in [2.24, 2.45) is 0 Å². The molecule has 3 aromatic carbocycles. The second-order valence-electron chi connectivity index (χ2n) is 8.81. The van der Waals surface area contributed by atoms with E-state index in [-0.39, 0.29) is 24.3 Å². The van der Waals surface area contributed by atoms with Gasteiger partial charge in [-0.25, -0.2) is 0 Å². The van der Waals surface area contributed by atoms with E-state index in [0.717, 1.165) is 50.7 Å². The average molecular weight is 517 g/mol. The molecule has 182 valence electrons. The van der Waals surface area contributed by atoms with Crippen molar-refractivity contribution >= 4 is 51.5 Å². The summed E-state index contributed by atoms with van der Waals surface area (Å²) in [5.74, 6) is 0.478. The number of ether oxygens (including phenoxy) is 1. The number of aryl methyl sites for hydroxylation is 2. The molecule has 7 heteroatoms. The number of hydrogen-bond donors (Lipinski definition) is 0. The van der Waals surface area contributed by atoms with Crippen LogP contribution in [0.25, 0.3) is 17.0 Å². The molecule has 36 heavy (non-hydrogen) atoms. The number of hydrogen-bond acceptors (Lipinski definition) is 4. The third-order valence-electron chi connectivity index (χ3n) is 6.14. The summed E-state index contributed by atoms with van der Waals surface area (Å²) in [6, 6.07) is 21.8. The Hall–Kier alpha value is -3.48. The number of benzene rings is 3. The molecular formula is C29H25ClN2O3S. The maximum Gasteiger partial charge on any atom is 0.293 e. The molecule has 0 aliphatic carbocycles. The van der Waals surface area contributed by atoms with Crippen molar-refractivity contribution in [2.75, 3.05) is 13.2 Å². The maximum absolute atomic E-state index is 13.1. The van der Waals surface area contributed by atoms with Crippen molar-refractivity contribution in [3.05, 3.63) is 105 Å². The van der Waals surface area contributed by atoms with Crippen molar-refractivity contribution in [3.63, 3.8) is 0 Å². The fourth-order valence-electron chi connectivity index (χ4n) is 4.30. The molecule has 5 rings (SSSR count). The molecule has 1 fully saturated rings. The highest BCUT2D eigenvalue weighted by atomic mass is 35.5. The monoisotopic (exact) mass is 516 g/mol. The second kappa shape index (κ2) is 10.2. The van der Waals surface area contributed by atoms with E-state index in [1.807, 2.05) is 92.9 Å². The van der Waals surface area contributed by atoms with E-state index in [1.54, 1.807) is 0 Å². The van der Waals surface area contributed by atoms with Gasteiger partial charge in [0.05, 0.1) is 11.4 Å². The Bertz CT molecular complexity index is 1510. The molecule has 4 aromatic rings. The summed E-state index contributed by atoms with van der Waals surface area (Å²) in [6.45, 7) is 5.06. The predicted octanol–water partition coefficient (Wildman–Crippen LogP) is 7.08. The van der Waals surface area contributed by atoms with Crippen LogP contribution in [-0.4, -0.2) is 33.8 Å². The highest BCUT2D eigenvalue weighted by Gasteiger charge is 2.35. The first-order chi connectivity index (χ1) is 17.4. The standard InChI is InChI=1S/C29H25ClN2O3S/c1-19-10-11-20(2)26(14-19)35-13-12-32-28(33)27(36-29(32)34)16-22-18-31(25-9-4-3-8-24(22)25)17-21-6-5-7-23(30)15-21/h3-11,14-16,18H,12-13,17H2,1-2H3/b27-16-. The van der Waals surface area contributed by atoms with Gasteiger partial charge in [-0.05, 0) is 72.6 Å². The highest BCUT2D eigenvalue weighted by molar-refractivity contribution is 8.18. The van der Waals surface area contributed by atoms with Gasteiger partial charge in [-0.3, -0.25) is 14.5 Å². The molecule has 0 saturated carbocycles. The number of rotatable bonds is 7. The molecule has 1 saturated heterocycles. The maximum atomic E-state index is 13.1.